The minimum Gasteiger partial charge on any atom is -0.493 e. The van der Waals surface area contributed by atoms with E-state index in [0.717, 1.165) is 28.7 Å². The first-order valence-electron chi connectivity index (χ1n) is 8.29. The maximum Gasteiger partial charge on any atom is 0.224 e. The summed E-state index contributed by atoms with van der Waals surface area (Å²) in [5, 5.41) is 5.48. The first-order chi connectivity index (χ1) is 11.8. The fraction of sp³-hybridized carbons (Fsp3) is 0.190. The fourth-order valence-electron chi connectivity index (χ4n) is 3.36. The minimum absolute atomic E-state index is 0.0254. The smallest absolute Gasteiger partial charge is 0.224 e. The molecule has 1 aliphatic heterocycles. The Hall–Kier alpha value is -2.81. The third-order valence-electron chi connectivity index (χ3n) is 4.52. The number of fused-ring (bicyclic) bond motifs is 2. The molecule has 0 aliphatic carbocycles. The van der Waals surface area contributed by atoms with Gasteiger partial charge in [0.05, 0.1) is 19.1 Å². The molecule has 0 radical (unpaired) electrons. The van der Waals surface area contributed by atoms with E-state index < -0.39 is 0 Å². The van der Waals surface area contributed by atoms with Gasteiger partial charge in [0, 0.05) is 12.0 Å². The van der Waals surface area contributed by atoms with E-state index >= 15 is 0 Å². The molecule has 0 spiro atoms. The predicted molar refractivity (Wildman–Crippen MR) is 95.1 cm³/mol. The second kappa shape index (κ2) is 6.36. The molecule has 0 saturated heterocycles. The van der Waals surface area contributed by atoms with E-state index in [4.69, 9.17) is 4.74 Å². The average molecular weight is 317 g/mol. The normalized spacial score (nSPS) is 16.2. The van der Waals surface area contributed by atoms with Gasteiger partial charge in [-0.05, 0) is 22.4 Å². The van der Waals surface area contributed by atoms with Crippen LogP contribution in [0.25, 0.3) is 10.8 Å². The Kier molecular flexibility index (Phi) is 3.91. The lowest BCUT2D eigenvalue weighted by Gasteiger charge is -2.26. The minimum atomic E-state index is 0.0254. The van der Waals surface area contributed by atoms with Crippen LogP contribution in [0.1, 0.15) is 23.6 Å². The summed E-state index contributed by atoms with van der Waals surface area (Å²) >= 11 is 0. The zero-order chi connectivity index (χ0) is 16.4. The molecular formula is C21H19NO2. The summed E-state index contributed by atoms with van der Waals surface area (Å²) in [5.41, 5.74) is 2.13. The van der Waals surface area contributed by atoms with Gasteiger partial charge >= 0.3 is 0 Å². The third kappa shape index (κ3) is 2.85. The van der Waals surface area contributed by atoms with Gasteiger partial charge in [0.2, 0.25) is 5.91 Å². The molecule has 3 heteroatoms. The third-order valence-corrected chi connectivity index (χ3v) is 4.52. The maximum atomic E-state index is 12.6. The van der Waals surface area contributed by atoms with E-state index in [1.165, 1.54) is 5.39 Å². The van der Waals surface area contributed by atoms with Crippen LogP contribution < -0.4 is 10.1 Å². The van der Waals surface area contributed by atoms with Gasteiger partial charge in [0.25, 0.3) is 0 Å². The van der Waals surface area contributed by atoms with Crippen molar-refractivity contribution < 1.29 is 9.53 Å². The molecule has 1 amide bonds. The van der Waals surface area contributed by atoms with Gasteiger partial charge in [-0.2, -0.15) is 0 Å². The number of amides is 1. The Balaban J connectivity index is 1.53. The highest BCUT2D eigenvalue weighted by Crippen LogP contribution is 2.31. The molecule has 0 unspecified atom stereocenters. The predicted octanol–water partition coefficient (Wildman–Crippen LogP) is 4.02. The van der Waals surface area contributed by atoms with Gasteiger partial charge in [0.15, 0.2) is 0 Å². The zero-order valence-corrected chi connectivity index (χ0v) is 13.4. The number of hydrogen-bond donors (Lipinski definition) is 1. The summed E-state index contributed by atoms with van der Waals surface area (Å²) in [6.45, 7) is 0.635. The number of hydrogen-bond acceptors (Lipinski definition) is 2. The van der Waals surface area contributed by atoms with Crippen molar-refractivity contribution in [2.45, 2.75) is 18.9 Å². The molecule has 1 atom stereocenters. The van der Waals surface area contributed by atoms with Crippen molar-refractivity contribution in [2.24, 2.45) is 0 Å². The molecule has 0 bridgehead atoms. The van der Waals surface area contributed by atoms with Gasteiger partial charge in [-0.1, -0.05) is 60.7 Å². The molecule has 4 rings (SSSR count). The number of benzene rings is 3. The Labute approximate surface area is 141 Å². The largest absolute Gasteiger partial charge is 0.493 e. The maximum absolute atomic E-state index is 12.6. The monoisotopic (exact) mass is 317 g/mol. The lowest BCUT2D eigenvalue weighted by atomic mass is 9.99. The number of carbonyl (C=O) groups is 1. The second-order valence-corrected chi connectivity index (χ2v) is 6.11. The molecule has 3 aromatic rings. The van der Waals surface area contributed by atoms with Crippen LogP contribution in [0.3, 0.4) is 0 Å². The van der Waals surface area contributed by atoms with Crippen LogP contribution in [-0.4, -0.2) is 12.5 Å². The summed E-state index contributed by atoms with van der Waals surface area (Å²) in [6.07, 6.45) is 1.19. The summed E-state index contributed by atoms with van der Waals surface area (Å²) < 4.78 is 5.66. The van der Waals surface area contributed by atoms with E-state index in [9.17, 15) is 4.79 Å². The van der Waals surface area contributed by atoms with Crippen molar-refractivity contribution in [1.29, 1.82) is 0 Å². The first-order valence-corrected chi connectivity index (χ1v) is 8.29. The van der Waals surface area contributed by atoms with Crippen molar-refractivity contribution in [3.05, 3.63) is 77.9 Å². The topological polar surface area (TPSA) is 38.3 Å². The van der Waals surface area contributed by atoms with Crippen molar-refractivity contribution in [3.63, 3.8) is 0 Å². The molecule has 24 heavy (non-hydrogen) atoms. The molecule has 1 N–H and O–H groups in total. The highest BCUT2D eigenvalue weighted by Gasteiger charge is 2.22. The van der Waals surface area contributed by atoms with Gasteiger partial charge in [-0.3, -0.25) is 4.79 Å². The fourth-order valence-corrected chi connectivity index (χ4v) is 3.36. The highest BCUT2D eigenvalue weighted by molar-refractivity contribution is 5.90. The number of ether oxygens (including phenoxy) is 1. The number of carbonyl (C=O) groups excluding carboxylic acids is 1. The van der Waals surface area contributed by atoms with Crippen LogP contribution in [0.5, 0.6) is 5.75 Å². The lowest BCUT2D eigenvalue weighted by molar-refractivity contribution is -0.121. The van der Waals surface area contributed by atoms with Crippen LogP contribution >= 0.6 is 0 Å². The van der Waals surface area contributed by atoms with E-state index in [1.807, 2.05) is 48.5 Å². The van der Waals surface area contributed by atoms with Gasteiger partial charge < -0.3 is 10.1 Å². The Bertz CT molecular complexity index is 882. The van der Waals surface area contributed by atoms with Crippen molar-refractivity contribution in [1.82, 2.24) is 5.32 Å². The van der Waals surface area contributed by atoms with Gasteiger partial charge in [0.1, 0.15) is 5.75 Å². The van der Waals surface area contributed by atoms with E-state index in [0.29, 0.717) is 13.0 Å². The second-order valence-electron chi connectivity index (χ2n) is 6.11. The van der Waals surface area contributed by atoms with E-state index in [1.54, 1.807) is 0 Å². The van der Waals surface area contributed by atoms with Crippen LogP contribution in [0.4, 0.5) is 0 Å². The van der Waals surface area contributed by atoms with Crippen molar-refractivity contribution in [2.75, 3.05) is 6.61 Å². The summed E-state index contributed by atoms with van der Waals surface area (Å²) in [5.74, 6) is 0.923. The standard InChI is InChI=1S/C21H19NO2/c23-21(14-16-8-5-7-15-6-1-2-9-17(15)16)22-19-12-13-24-20-11-4-3-10-18(19)20/h1-11,19H,12-14H2,(H,22,23)/t19-/m1/s1. The van der Waals surface area contributed by atoms with Crippen LogP contribution in [0.15, 0.2) is 66.7 Å². The average Bonchev–Trinajstić information content (AvgIpc) is 2.62. The van der Waals surface area contributed by atoms with E-state index in [-0.39, 0.29) is 11.9 Å². The molecule has 1 heterocycles. The number of rotatable bonds is 3. The Morgan fingerprint density at radius 1 is 1.00 bits per heavy atom. The highest BCUT2D eigenvalue weighted by atomic mass is 16.5. The molecule has 3 aromatic carbocycles. The molecule has 0 fully saturated rings. The molecular weight excluding hydrogens is 298 g/mol. The van der Waals surface area contributed by atoms with Crippen LogP contribution in [0.2, 0.25) is 0 Å². The molecule has 3 nitrogen and oxygen atoms in total. The van der Waals surface area contributed by atoms with Crippen LogP contribution in [0, 0.1) is 0 Å². The van der Waals surface area contributed by atoms with Crippen molar-refractivity contribution >= 4 is 16.7 Å². The van der Waals surface area contributed by atoms with E-state index in [2.05, 4.69) is 23.5 Å². The Morgan fingerprint density at radius 3 is 2.75 bits per heavy atom. The lowest BCUT2D eigenvalue weighted by Crippen LogP contribution is -2.33. The number of nitrogens with one attached hydrogen (secondary N) is 1. The zero-order valence-electron chi connectivity index (χ0n) is 13.4. The first kappa shape index (κ1) is 14.8. The quantitative estimate of drug-likeness (QED) is 0.792. The Morgan fingerprint density at radius 2 is 1.79 bits per heavy atom. The molecule has 0 saturated carbocycles. The summed E-state index contributed by atoms with van der Waals surface area (Å²) in [6, 6.07) is 22.2. The van der Waals surface area contributed by atoms with Gasteiger partial charge in [-0.15, -0.1) is 0 Å². The van der Waals surface area contributed by atoms with Crippen LogP contribution in [-0.2, 0) is 11.2 Å². The summed E-state index contributed by atoms with van der Waals surface area (Å²) in [7, 11) is 0. The SMILES string of the molecule is O=C(Cc1cccc2ccccc12)N[C@@H]1CCOc2ccccc21. The van der Waals surface area contributed by atoms with Crippen molar-refractivity contribution in [3.8, 4) is 5.75 Å². The summed E-state index contributed by atoms with van der Waals surface area (Å²) in [4.78, 5) is 12.6. The molecule has 1 aliphatic rings. The number of para-hydroxylation sites is 1. The molecule has 0 aromatic heterocycles. The molecule has 120 valence electrons. The van der Waals surface area contributed by atoms with Gasteiger partial charge in [-0.25, -0.2) is 0 Å².